The quantitative estimate of drug-likeness (QED) is 0.151. The van der Waals surface area contributed by atoms with Crippen molar-refractivity contribution in [3.05, 3.63) is 164 Å². The fourth-order valence-electron chi connectivity index (χ4n) is 6.02. The highest BCUT2D eigenvalue weighted by molar-refractivity contribution is 5.83. The van der Waals surface area contributed by atoms with Crippen molar-refractivity contribution in [1.82, 2.24) is 38.7 Å². The van der Waals surface area contributed by atoms with Gasteiger partial charge >= 0.3 is 0 Å². The van der Waals surface area contributed by atoms with E-state index in [2.05, 4.69) is 47.4 Å². The minimum Gasteiger partial charge on any atom is -0.384 e. The highest BCUT2D eigenvalue weighted by Gasteiger charge is 2.19. The molecule has 0 radical (unpaired) electrons. The first-order valence-corrected chi connectivity index (χ1v) is 16.8. The molecule has 11 nitrogen and oxygen atoms in total. The SMILES string of the molecule is Nc1ccn2c(-c3ccnc(NCc4ccccc4)c3)c(-c3ccc(F)cc3)nc2n1.Nc1ccn2c(-c3ccncc3)c(-c3ccccc3)nc2n1. The van der Waals surface area contributed by atoms with E-state index < -0.39 is 0 Å². The largest absolute Gasteiger partial charge is 0.384 e. The molecule has 6 heterocycles. The molecule has 53 heavy (non-hydrogen) atoms. The zero-order chi connectivity index (χ0) is 36.1. The summed E-state index contributed by atoms with van der Waals surface area (Å²) >= 11 is 0. The number of pyridine rings is 2. The monoisotopic (exact) mass is 697 g/mol. The van der Waals surface area contributed by atoms with Crippen LogP contribution in [0.2, 0.25) is 0 Å². The van der Waals surface area contributed by atoms with Crippen molar-refractivity contribution in [3.8, 4) is 45.0 Å². The van der Waals surface area contributed by atoms with Crippen molar-refractivity contribution in [3.63, 3.8) is 0 Å². The van der Waals surface area contributed by atoms with Crippen LogP contribution < -0.4 is 16.8 Å². The molecule has 6 aromatic heterocycles. The highest BCUT2D eigenvalue weighted by atomic mass is 19.1. The van der Waals surface area contributed by atoms with Crippen LogP contribution >= 0.6 is 0 Å². The van der Waals surface area contributed by atoms with E-state index in [1.807, 2.05) is 94.0 Å². The van der Waals surface area contributed by atoms with E-state index in [-0.39, 0.29) is 5.82 Å². The van der Waals surface area contributed by atoms with Gasteiger partial charge in [-0.3, -0.25) is 13.8 Å². The Balaban J connectivity index is 0.000000160. The Kier molecular flexibility index (Phi) is 8.89. The summed E-state index contributed by atoms with van der Waals surface area (Å²) in [5.74, 6) is 2.35. The molecule has 12 heteroatoms. The zero-order valence-electron chi connectivity index (χ0n) is 28.3. The van der Waals surface area contributed by atoms with Gasteiger partial charge in [0, 0.05) is 59.8 Å². The molecule has 9 rings (SSSR count). The van der Waals surface area contributed by atoms with E-state index in [9.17, 15) is 4.39 Å². The Labute approximate surface area is 303 Å². The lowest BCUT2D eigenvalue weighted by Crippen LogP contribution is -2.01. The number of anilines is 3. The summed E-state index contributed by atoms with van der Waals surface area (Å²) in [4.78, 5) is 26.6. The first-order chi connectivity index (χ1) is 26.0. The van der Waals surface area contributed by atoms with Crippen LogP contribution in [0.15, 0.2) is 152 Å². The number of nitrogens with two attached hydrogens (primary N) is 2. The summed E-state index contributed by atoms with van der Waals surface area (Å²) in [6, 6.07) is 37.8. The van der Waals surface area contributed by atoms with Gasteiger partial charge in [0.2, 0.25) is 11.6 Å². The third-order valence-corrected chi connectivity index (χ3v) is 8.50. The van der Waals surface area contributed by atoms with Crippen molar-refractivity contribution < 1.29 is 4.39 Å². The first-order valence-electron chi connectivity index (χ1n) is 16.8. The van der Waals surface area contributed by atoms with Gasteiger partial charge in [-0.15, -0.1) is 0 Å². The topological polar surface area (TPSA) is 150 Å². The second-order valence-corrected chi connectivity index (χ2v) is 12.0. The number of benzene rings is 3. The van der Waals surface area contributed by atoms with E-state index in [1.54, 1.807) is 42.9 Å². The Morgan fingerprint density at radius 1 is 0.547 bits per heavy atom. The highest BCUT2D eigenvalue weighted by Crippen LogP contribution is 2.34. The van der Waals surface area contributed by atoms with Crippen LogP contribution in [0.4, 0.5) is 21.8 Å². The van der Waals surface area contributed by atoms with E-state index in [0.717, 1.165) is 50.7 Å². The number of nitrogens with one attached hydrogen (secondary N) is 1. The third kappa shape index (κ3) is 6.97. The number of fused-ring (bicyclic) bond motifs is 2. The Morgan fingerprint density at radius 2 is 1.09 bits per heavy atom. The summed E-state index contributed by atoms with van der Waals surface area (Å²) < 4.78 is 17.3. The zero-order valence-corrected chi connectivity index (χ0v) is 28.3. The summed E-state index contributed by atoms with van der Waals surface area (Å²) in [7, 11) is 0. The van der Waals surface area contributed by atoms with Crippen LogP contribution in [0, 0.1) is 5.82 Å². The molecule has 0 aliphatic rings. The fraction of sp³-hybridized carbons (Fsp3) is 0.0244. The van der Waals surface area contributed by atoms with Crippen molar-refractivity contribution in [2.45, 2.75) is 6.54 Å². The maximum Gasteiger partial charge on any atom is 0.236 e. The van der Waals surface area contributed by atoms with E-state index in [0.29, 0.717) is 35.4 Å². The standard InChI is InChI=1S/C24H19FN6.C17H13N5/c25-19-8-6-17(7-9-19)22-23(31-13-11-20(26)29-24(31)30-22)18-10-12-27-21(14-18)28-15-16-4-2-1-3-5-16;18-14-8-11-22-16(13-6-9-19-10-7-13)15(21-17(22)20-14)12-4-2-1-3-5-12/h1-14H,15H2,(H,27,28)(H2,26,29,30);1-11H,(H2,18,20,21). The average Bonchev–Trinajstić information content (AvgIpc) is 3.77. The third-order valence-electron chi connectivity index (χ3n) is 8.50. The summed E-state index contributed by atoms with van der Waals surface area (Å²) in [6.45, 7) is 0.660. The maximum atomic E-state index is 13.5. The number of imidazole rings is 2. The molecule has 0 fully saturated rings. The van der Waals surface area contributed by atoms with Crippen LogP contribution in [0.3, 0.4) is 0 Å². The average molecular weight is 698 g/mol. The molecule has 3 aromatic carbocycles. The lowest BCUT2D eigenvalue weighted by atomic mass is 10.1. The molecule has 0 unspecified atom stereocenters. The second kappa shape index (κ2) is 14.4. The molecule has 0 amide bonds. The van der Waals surface area contributed by atoms with Gasteiger partial charge in [0.05, 0.1) is 22.8 Å². The lowest BCUT2D eigenvalue weighted by molar-refractivity contribution is 0.628. The minimum absolute atomic E-state index is 0.298. The van der Waals surface area contributed by atoms with Gasteiger partial charge in [0.15, 0.2) is 0 Å². The molecular formula is C41H32FN11. The molecule has 0 aliphatic heterocycles. The van der Waals surface area contributed by atoms with E-state index >= 15 is 0 Å². The van der Waals surface area contributed by atoms with Gasteiger partial charge in [-0.25, -0.2) is 19.3 Å². The van der Waals surface area contributed by atoms with Crippen LogP contribution in [0.1, 0.15) is 5.56 Å². The lowest BCUT2D eigenvalue weighted by Gasteiger charge is -2.09. The molecule has 0 saturated heterocycles. The predicted molar refractivity (Wildman–Crippen MR) is 206 cm³/mol. The number of hydrogen-bond donors (Lipinski definition) is 3. The first kappa shape index (κ1) is 32.7. The van der Waals surface area contributed by atoms with E-state index in [1.165, 1.54) is 12.1 Å². The maximum absolute atomic E-state index is 13.5. The molecule has 0 atom stereocenters. The summed E-state index contributed by atoms with van der Waals surface area (Å²) in [5.41, 5.74) is 20.0. The van der Waals surface area contributed by atoms with Gasteiger partial charge in [0.25, 0.3) is 0 Å². The van der Waals surface area contributed by atoms with Gasteiger partial charge in [-0.2, -0.15) is 9.97 Å². The Hall–Kier alpha value is -7.47. The van der Waals surface area contributed by atoms with Gasteiger partial charge < -0.3 is 16.8 Å². The smallest absolute Gasteiger partial charge is 0.236 e. The second-order valence-electron chi connectivity index (χ2n) is 12.0. The molecule has 0 spiro atoms. The number of hydrogen-bond acceptors (Lipinski definition) is 9. The molecule has 9 aromatic rings. The number of nitrogen functional groups attached to an aromatic ring is 2. The van der Waals surface area contributed by atoms with Gasteiger partial charge in [0.1, 0.15) is 23.3 Å². The van der Waals surface area contributed by atoms with Crippen LogP contribution in [-0.4, -0.2) is 38.7 Å². The molecule has 0 saturated carbocycles. The number of nitrogens with zero attached hydrogens (tertiary/aromatic N) is 8. The Bertz CT molecular complexity index is 2640. The van der Waals surface area contributed by atoms with Crippen molar-refractivity contribution in [1.29, 1.82) is 0 Å². The number of aromatic nitrogens is 8. The molecule has 0 bridgehead atoms. The normalized spacial score (nSPS) is 11.0. The summed E-state index contributed by atoms with van der Waals surface area (Å²) in [6.07, 6.45) is 9.03. The van der Waals surface area contributed by atoms with Gasteiger partial charge in [-0.1, -0.05) is 60.7 Å². The van der Waals surface area contributed by atoms with Crippen LogP contribution in [-0.2, 0) is 6.54 Å². The molecule has 5 N–H and O–H groups in total. The van der Waals surface area contributed by atoms with E-state index in [4.69, 9.17) is 11.5 Å². The summed E-state index contributed by atoms with van der Waals surface area (Å²) in [5, 5.41) is 3.36. The van der Waals surface area contributed by atoms with Crippen LogP contribution in [0.5, 0.6) is 0 Å². The van der Waals surface area contributed by atoms with Crippen molar-refractivity contribution >= 4 is 29.0 Å². The number of rotatable bonds is 7. The molecule has 258 valence electrons. The van der Waals surface area contributed by atoms with Crippen LogP contribution in [0.25, 0.3) is 56.6 Å². The van der Waals surface area contributed by atoms with Crippen molar-refractivity contribution in [2.24, 2.45) is 0 Å². The van der Waals surface area contributed by atoms with Gasteiger partial charge in [-0.05, 0) is 66.2 Å². The Morgan fingerprint density at radius 3 is 1.72 bits per heavy atom. The molecule has 0 aliphatic carbocycles. The predicted octanol–water partition coefficient (Wildman–Crippen LogP) is 7.83. The minimum atomic E-state index is -0.298. The fourth-order valence-corrected chi connectivity index (χ4v) is 6.02. The van der Waals surface area contributed by atoms with Crippen molar-refractivity contribution in [2.75, 3.05) is 16.8 Å². The molecular weight excluding hydrogens is 666 g/mol. The number of halogens is 1.